The second-order valence-corrected chi connectivity index (χ2v) is 15.6. The molecule has 0 aliphatic heterocycles. The summed E-state index contributed by atoms with van der Waals surface area (Å²) in [6, 6.07) is 73.5. The fraction of sp³-hybridized carbons (Fsp3) is 0. The van der Waals surface area contributed by atoms with Gasteiger partial charge in [0.25, 0.3) is 0 Å². The van der Waals surface area contributed by atoms with Crippen LogP contribution >= 0.6 is 0 Å². The van der Waals surface area contributed by atoms with Crippen LogP contribution in [0.1, 0.15) is 0 Å². The highest BCUT2D eigenvalue weighted by atomic mass is 16.3. The lowest BCUT2D eigenvalue weighted by Crippen LogP contribution is -1.94. The topological polar surface area (TPSA) is 65.0 Å². The molecule has 5 heteroatoms. The predicted molar refractivity (Wildman–Crippen MR) is 252 cm³/mol. The van der Waals surface area contributed by atoms with E-state index in [-0.39, 0.29) is 0 Å². The van der Waals surface area contributed by atoms with Crippen molar-refractivity contribution in [1.82, 2.24) is 15.0 Å². The molecule has 5 nitrogen and oxygen atoms in total. The van der Waals surface area contributed by atoms with Gasteiger partial charge in [0, 0.05) is 38.4 Å². The summed E-state index contributed by atoms with van der Waals surface area (Å²) in [7, 11) is 0. The number of hydrogen-bond donors (Lipinski definition) is 0. The van der Waals surface area contributed by atoms with Crippen molar-refractivity contribution in [2.75, 3.05) is 0 Å². The van der Waals surface area contributed by atoms with Crippen molar-refractivity contribution in [3.8, 4) is 78.5 Å². The van der Waals surface area contributed by atoms with Crippen molar-refractivity contribution in [2.24, 2.45) is 0 Å². The zero-order valence-corrected chi connectivity index (χ0v) is 33.4. The highest BCUT2D eigenvalue weighted by Crippen LogP contribution is 2.40. The molecular formula is C57H35N3O2. The maximum Gasteiger partial charge on any atom is 0.180 e. The van der Waals surface area contributed by atoms with Crippen LogP contribution in [0.2, 0.25) is 0 Å². The van der Waals surface area contributed by atoms with Gasteiger partial charge in [-0.1, -0.05) is 164 Å². The Morgan fingerprint density at radius 3 is 1.34 bits per heavy atom. The molecule has 8 aromatic carbocycles. The molecule has 4 aromatic heterocycles. The molecule has 0 radical (unpaired) electrons. The summed E-state index contributed by atoms with van der Waals surface area (Å²) in [6.45, 7) is 0. The molecule has 0 bridgehead atoms. The SMILES string of the molecule is c1ccc(-c2cc3c(oc4ccccc43)c(-c3cccc(-c4cccc(-c5cccc(-c6cccc(-c7nc(-c8ccccc8)c8oc9ccccc9c8n7)c6)c5)c4)c3)n2)cc1. The Hall–Kier alpha value is -8.41. The maximum atomic E-state index is 6.51. The number of nitrogens with zero attached hydrogens (tertiary/aromatic N) is 3. The molecule has 0 aliphatic carbocycles. The van der Waals surface area contributed by atoms with Gasteiger partial charge in [-0.3, -0.25) is 0 Å². The fourth-order valence-electron chi connectivity index (χ4n) is 8.63. The Bertz CT molecular complexity index is 3640. The van der Waals surface area contributed by atoms with Crippen LogP contribution in [0.15, 0.2) is 221 Å². The first kappa shape index (κ1) is 35.5. The molecule has 0 unspecified atom stereocenters. The van der Waals surface area contributed by atoms with Gasteiger partial charge in [-0.25, -0.2) is 15.0 Å². The summed E-state index contributed by atoms with van der Waals surface area (Å²) < 4.78 is 12.9. The van der Waals surface area contributed by atoms with Gasteiger partial charge < -0.3 is 8.83 Å². The van der Waals surface area contributed by atoms with Crippen LogP contribution < -0.4 is 0 Å². The molecule has 62 heavy (non-hydrogen) atoms. The first-order valence-electron chi connectivity index (χ1n) is 20.7. The molecule has 4 heterocycles. The van der Waals surface area contributed by atoms with Crippen molar-refractivity contribution >= 4 is 44.0 Å². The molecule has 0 fully saturated rings. The predicted octanol–water partition coefficient (Wildman–Crippen LogP) is 15.3. The highest BCUT2D eigenvalue weighted by molar-refractivity contribution is 6.10. The van der Waals surface area contributed by atoms with Crippen LogP contribution in [0.4, 0.5) is 0 Å². The number of rotatable bonds is 7. The number of furan rings is 2. The zero-order chi connectivity index (χ0) is 41.0. The van der Waals surface area contributed by atoms with Gasteiger partial charge in [0.2, 0.25) is 0 Å². The number of fused-ring (bicyclic) bond motifs is 6. The van der Waals surface area contributed by atoms with Gasteiger partial charge in [0.05, 0.1) is 5.69 Å². The molecule has 0 spiro atoms. The molecule has 12 rings (SSSR count). The monoisotopic (exact) mass is 793 g/mol. The second kappa shape index (κ2) is 14.7. The first-order chi connectivity index (χ1) is 30.7. The molecule has 0 atom stereocenters. The van der Waals surface area contributed by atoms with Gasteiger partial charge >= 0.3 is 0 Å². The summed E-state index contributed by atoms with van der Waals surface area (Å²) in [6.07, 6.45) is 0. The fourth-order valence-corrected chi connectivity index (χ4v) is 8.63. The van der Waals surface area contributed by atoms with Crippen molar-refractivity contribution in [1.29, 1.82) is 0 Å². The third-order valence-corrected chi connectivity index (χ3v) is 11.7. The van der Waals surface area contributed by atoms with Crippen molar-refractivity contribution < 1.29 is 8.83 Å². The van der Waals surface area contributed by atoms with E-state index < -0.39 is 0 Å². The van der Waals surface area contributed by atoms with E-state index in [9.17, 15) is 0 Å². The lowest BCUT2D eigenvalue weighted by Gasteiger charge is -2.11. The van der Waals surface area contributed by atoms with Gasteiger partial charge in [-0.05, 0) is 81.9 Å². The van der Waals surface area contributed by atoms with E-state index in [0.717, 1.165) is 111 Å². The average molecular weight is 794 g/mol. The maximum absolute atomic E-state index is 6.51. The third kappa shape index (κ3) is 6.23. The lowest BCUT2D eigenvalue weighted by molar-refractivity contribution is 0.667. The summed E-state index contributed by atoms with van der Waals surface area (Å²) >= 11 is 0. The van der Waals surface area contributed by atoms with Crippen LogP contribution in [0.3, 0.4) is 0 Å². The molecule has 0 aliphatic rings. The molecule has 290 valence electrons. The van der Waals surface area contributed by atoms with E-state index in [4.69, 9.17) is 23.8 Å². The molecule has 12 aromatic rings. The highest BCUT2D eigenvalue weighted by Gasteiger charge is 2.20. The average Bonchev–Trinajstić information content (AvgIpc) is 3.93. The quantitative estimate of drug-likeness (QED) is 0.161. The van der Waals surface area contributed by atoms with Gasteiger partial charge in [0.1, 0.15) is 28.1 Å². The minimum atomic E-state index is 0.652. The smallest absolute Gasteiger partial charge is 0.180 e. The number of pyridine rings is 1. The van der Waals surface area contributed by atoms with Crippen LogP contribution in [-0.2, 0) is 0 Å². The van der Waals surface area contributed by atoms with Crippen molar-refractivity contribution in [3.05, 3.63) is 212 Å². The van der Waals surface area contributed by atoms with E-state index in [1.165, 1.54) is 0 Å². The Morgan fingerprint density at radius 1 is 0.274 bits per heavy atom. The Labute approximate surface area is 357 Å². The lowest BCUT2D eigenvalue weighted by atomic mass is 9.94. The Balaban J connectivity index is 0.904. The van der Waals surface area contributed by atoms with Crippen molar-refractivity contribution in [2.45, 2.75) is 0 Å². The Morgan fingerprint density at radius 2 is 0.710 bits per heavy atom. The van der Waals surface area contributed by atoms with E-state index in [1.807, 2.05) is 54.6 Å². The summed E-state index contributed by atoms with van der Waals surface area (Å²) in [5, 5.41) is 3.11. The van der Waals surface area contributed by atoms with E-state index >= 15 is 0 Å². The number of aromatic nitrogens is 3. The van der Waals surface area contributed by atoms with Crippen molar-refractivity contribution in [3.63, 3.8) is 0 Å². The van der Waals surface area contributed by atoms with Crippen LogP contribution in [-0.4, -0.2) is 15.0 Å². The van der Waals surface area contributed by atoms with Gasteiger partial charge in [0.15, 0.2) is 17.0 Å². The normalized spacial score (nSPS) is 11.5. The number of hydrogen-bond acceptors (Lipinski definition) is 5. The zero-order valence-electron chi connectivity index (χ0n) is 33.4. The largest absolute Gasteiger partial charge is 0.454 e. The van der Waals surface area contributed by atoms with Crippen LogP contribution in [0, 0.1) is 0 Å². The molecule has 0 saturated carbocycles. The first-order valence-corrected chi connectivity index (χ1v) is 20.7. The summed E-state index contributed by atoms with van der Waals surface area (Å²) in [5.41, 5.74) is 17.1. The molecular weight excluding hydrogens is 759 g/mol. The third-order valence-electron chi connectivity index (χ3n) is 11.7. The van der Waals surface area contributed by atoms with Gasteiger partial charge in [-0.2, -0.15) is 0 Å². The second-order valence-electron chi connectivity index (χ2n) is 15.6. The standard InChI is InChI=1S/C57H35N3O2/c1-3-15-36(16-4-1)49-35-48-46-27-7-9-29-50(46)61-55(48)53(58-49)44-25-13-23-42(33-44)40-21-11-19-38(31-40)39-20-12-22-41(32-39)43-24-14-26-45(34-43)57-59-52(37-17-5-2-6-18-37)56-54(60-57)47-28-8-10-30-51(47)62-56/h1-35H. The minimum Gasteiger partial charge on any atom is -0.454 e. The Kier molecular flexibility index (Phi) is 8.42. The molecule has 0 amide bonds. The van der Waals surface area contributed by atoms with Gasteiger partial charge in [-0.15, -0.1) is 0 Å². The minimum absolute atomic E-state index is 0.652. The number of para-hydroxylation sites is 2. The molecule has 0 saturated heterocycles. The van der Waals surface area contributed by atoms with E-state index in [0.29, 0.717) is 11.4 Å². The van der Waals surface area contributed by atoms with Crippen LogP contribution in [0.5, 0.6) is 0 Å². The summed E-state index contributed by atoms with van der Waals surface area (Å²) in [4.78, 5) is 15.5. The van der Waals surface area contributed by atoms with E-state index in [1.54, 1.807) is 0 Å². The van der Waals surface area contributed by atoms with Crippen LogP contribution in [0.25, 0.3) is 123 Å². The molecule has 0 N–H and O–H groups in total. The summed E-state index contributed by atoms with van der Waals surface area (Å²) in [5.74, 6) is 0.652. The number of benzene rings is 8. The van der Waals surface area contributed by atoms with E-state index in [2.05, 4.69) is 158 Å².